The Hall–Kier alpha value is -0.430. The van der Waals surface area contributed by atoms with E-state index in [1.54, 1.807) is 6.20 Å². The third-order valence-electron chi connectivity index (χ3n) is 1.46. The molecule has 0 atom stereocenters. The van der Waals surface area contributed by atoms with E-state index < -0.39 is 0 Å². The van der Waals surface area contributed by atoms with Crippen LogP contribution >= 0.6 is 50.9 Å². The molecule has 0 spiro atoms. The van der Waals surface area contributed by atoms with Gasteiger partial charge in [0.1, 0.15) is 5.03 Å². The lowest BCUT2D eigenvalue weighted by molar-refractivity contribution is 0.900. The van der Waals surface area contributed by atoms with Crippen molar-refractivity contribution in [2.75, 3.05) is 0 Å². The van der Waals surface area contributed by atoms with Gasteiger partial charge in [0.15, 0.2) is 5.16 Å². The van der Waals surface area contributed by atoms with Crippen LogP contribution in [-0.4, -0.2) is 19.9 Å². The second-order valence-corrected chi connectivity index (χ2v) is 5.15. The van der Waals surface area contributed by atoms with Crippen molar-refractivity contribution in [1.29, 1.82) is 0 Å². The van der Waals surface area contributed by atoms with E-state index in [2.05, 4.69) is 35.9 Å². The summed E-state index contributed by atoms with van der Waals surface area (Å²) in [5.74, 6) is 0. The summed E-state index contributed by atoms with van der Waals surface area (Å²) in [6.07, 6.45) is 1.69. The third-order valence-corrected chi connectivity index (χ3v) is 3.08. The van der Waals surface area contributed by atoms with E-state index in [1.807, 2.05) is 12.1 Å². The zero-order chi connectivity index (χ0) is 11.5. The molecule has 16 heavy (non-hydrogen) atoms. The van der Waals surface area contributed by atoms with E-state index in [4.69, 9.17) is 23.2 Å². The fraction of sp³-hybridized carbons (Fsp3) is 0. The zero-order valence-electron chi connectivity index (χ0n) is 7.56. The SMILES string of the molecule is Clc1nc(Cl)nc(Sc2ccc(Br)cn2)n1. The van der Waals surface area contributed by atoms with E-state index in [1.165, 1.54) is 11.8 Å². The second kappa shape index (κ2) is 5.27. The van der Waals surface area contributed by atoms with Gasteiger partial charge < -0.3 is 0 Å². The van der Waals surface area contributed by atoms with Crippen LogP contribution in [0.4, 0.5) is 0 Å². The minimum atomic E-state index is 0.0691. The van der Waals surface area contributed by atoms with E-state index in [9.17, 15) is 0 Å². The maximum absolute atomic E-state index is 5.65. The molecule has 4 nitrogen and oxygen atoms in total. The molecule has 8 heteroatoms. The maximum Gasteiger partial charge on any atom is 0.227 e. The summed E-state index contributed by atoms with van der Waals surface area (Å²) >= 11 is 15.9. The van der Waals surface area contributed by atoms with Crippen molar-refractivity contribution in [3.63, 3.8) is 0 Å². The fourth-order valence-corrected chi connectivity index (χ4v) is 2.26. The van der Waals surface area contributed by atoms with Crippen molar-refractivity contribution < 1.29 is 0 Å². The standard InChI is InChI=1S/C8H3BrCl2N4S/c9-4-1-2-5(12-3-4)16-8-14-6(10)13-7(11)15-8/h1-3H. The van der Waals surface area contributed by atoms with Gasteiger partial charge in [-0.05, 0) is 63.0 Å². The van der Waals surface area contributed by atoms with Crippen molar-refractivity contribution in [3.05, 3.63) is 33.4 Å². The minimum absolute atomic E-state index is 0.0691. The van der Waals surface area contributed by atoms with Crippen molar-refractivity contribution in [2.45, 2.75) is 10.2 Å². The predicted octanol–water partition coefficient (Wildman–Crippen LogP) is 3.49. The molecule has 2 aromatic heterocycles. The molecule has 2 rings (SSSR count). The monoisotopic (exact) mass is 336 g/mol. The van der Waals surface area contributed by atoms with Gasteiger partial charge in [0.05, 0.1) is 0 Å². The highest BCUT2D eigenvalue weighted by Crippen LogP contribution is 2.24. The summed E-state index contributed by atoms with van der Waals surface area (Å²) < 4.78 is 0.906. The largest absolute Gasteiger partial charge is 0.248 e. The van der Waals surface area contributed by atoms with Crippen LogP contribution < -0.4 is 0 Å². The van der Waals surface area contributed by atoms with Crippen molar-refractivity contribution in [2.24, 2.45) is 0 Å². The van der Waals surface area contributed by atoms with Crippen LogP contribution in [0.1, 0.15) is 0 Å². The molecule has 0 saturated carbocycles. The highest BCUT2D eigenvalue weighted by molar-refractivity contribution is 9.10. The summed E-state index contributed by atoms with van der Waals surface area (Å²) in [5.41, 5.74) is 0. The summed E-state index contributed by atoms with van der Waals surface area (Å²) in [4.78, 5) is 15.7. The van der Waals surface area contributed by atoms with Gasteiger partial charge in [-0.15, -0.1) is 0 Å². The molecule has 82 valence electrons. The summed E-state index contributed by atoms with van der Waals surface area (Å²) in [6, 6.07) is 3.71. The normalized spacial score (nSPS) is 10.4. The van der Waals surface area contributed by atoms with Crippen molar-refractivity contribution in [3.8, 4) is 0 Å². The molecular formula is C8H3BrCl2N4S. The molecule has 2 aromatic rings. The van der Waals surface area contributed by atoms with Crippen LogP contribution in [0.25, 0.3) is 0 Å². The molecule has 0 unspecified atom stereocenters. The topological polar surface area (TPSA) is 51.6 Å². The first-order chi connectivity index (χ1) is 7.63. The Morgan fingerprint density at radius 1 is 1.06 bits per heavy atom. The predicted molar refractivity (Wildman–Crippen MR) is 65.9 cm³/mol. The fourth-order valence-electron chi connectivity index (χ4n) is 0.871. The first kappa shape index (κ1) is 12.0. The Balaban J connectivity index is 2.23. The Morgan fingerprint density at radius 3 is 2.31 bits per heavy atom. The van der Waals surface area contributed by atoms with Crippen LogP contribution in [0.3, 0.4) is 0 Å². The Morgan fingerprint density at radius 2 is 1.75 bits per heavy atom. The highest BCUT2D eigenvalue weighted by Gasteiger charge is 2.06. The smallest absolute Gasteiger partial charge is 0.227 e. The molecule has 0 aromatic carbocycles. The van der Waals surface area contributed by atoms with Gasteiger partial charge in [0, 0.05) is 10.7 Å². The highest BCUT2D eigenvalue weighted by atomic mass is 79.9. The lowest BCUT2D eigenvalue weighted by Crippen LogP contribution is -1.92. The summed E-state index contributed by atoms with van der Waals surface area (Å²) in [5, 5.41) is 1.31. The van der Waals surface area contributed by atoms with Crippen molar-refractivity contribution >= 4 is 50.9 Å². The molecule has 0 amide bonds. The molecule has 0 saturated heterocycles. The van der Waals surface area contributed by atoms with Crippen LogP contribution in [-0.2, 0) is 0 Å². The number of nitrogens with zero attached hydrogens (tertiary/aromatic N) is 4. The van der Waals surface area contributed by atoms with Gasteiger partial charge in [-0.3, -0.25) is 0 Å². The minimum Gasteiger partial charge on any atom is -0.248 e. The molecule has 0 radical (unpaired) electrons. The zero-order valence-corrected chi connectivity index (χ0v) is 11.5. The molecular weight excluding hydrogens is 335 g/mol. The van der Waals surface area contributed by atoms with Gasteiger partial charge in [-0.1, -0.05) is 0 Å². The first-order valence-electron chi connectivity index (χ1n) is 4.00. The third kappa shape index (κ3) is 3.28. The Bertz CT molecular complexity index is 488. The summed E-state index contributed by atoms with van der Waals surface area (Å²) in [7, 11) is 0. The average molecular weight is 338 g/mol. The molecule has 0 bridgehead atoms. The Labute approximate surface area is 114 Å². The summed E-state index contributed by atoms with van der Waals surface area (Å²) in [6.45, 7) is 0. The molecule has 0 aliphatic rings. The lowest BCUT2D eigenvalue weighted by atomic mass is 10.5. The quantitative estimate of drug-likeness (QED) is 0.839. The van der Waals surface area contributed by atoms with Crippen molar-refractivity contribution in [1.82, 2.24) is 19.9 Å². The van der Waals surface area contributed by atoms with Crippen LogP contribution in [0.2, 0.25) is 10.6 Å². The Kier molecular flexibility index (Phi) is 3.96. The van der Waals surface area contributed by atoms with Gasteiger partial charge >= 0.3 is 0 Å². The second-order valence-electron chi connectivity index (χ2n) is 2.57. The molecule has 0 aliphatic carbocycles. The van der Waals surface area contributed by atoms with E-state index in [-0.39, 0.29) is 10.6 Å². The van der Waals surface area contributed by atoms with Gasteiger partial charge in [0.2, 0.25) is 10.6 Å². The molecule has 0 fully saturated rings. The van der Waals surface area contributed by atoms with Crippen LogP contribution in [0, 0.1) is 0 Å². The number of pyridine rings is 1. The van der Waals surface area contributed by atoms with E-state index in [0.29, 0.717) is 5.16 Å². The van der Waals surface area contributed by atoms with Gasteiger partial charge in [0.25, 0.3) is 0 Å². The lowest BCUT2D eigenvalue weighted by Gasteiger charge is -1.99. The van der Waals surface area contributed by atoms with Crippen LogP contribution in [0.15, 0.2) is 33.0 Å². The number of hydrogen-bond donors (Lipinski definition) is 0. The number of halogens is 3. The number of aromatic nitrogens is 4. The molecule has 2 heterocycles. The maximum atomic E-state index is 5.65. The van der Waals surface area contributed by atoms with E-state index >= 15 is 0 Å². The number of rotatable bonds is 2. The number of hydrogen-bond acceptors (Lipinski definition) is 5. The van der Waals surface area contributed by atoms with E-state index in [0.717, 1.165) is 9.50 Å². The molecule has 0 N–H and O–H groups in total. The van der Waals surface area contributed by atoms with Gasteiger partial charge in [-0.25, -0.2) is 4.98 Å². The molecule has 0 aliphatic heterocycles. The van der Waals surface area contributed by atoms with Crippen LogP contribution in [0.5, 0.6) is 0 Å². The van der Waals surface area contributed by atoms with Gasteiger partial charge in [-0.2, -0.15) is 15.0 Å². The average Bonchev–Trinajstić information content (AvgIpc) is 2.20. The first-order valence-corrected chi connectivity index (χ1v) is 6.36.